The van der Waals surface area contributed by atoms with E-state index in [4.69, 9.17) is 4.74 Å². The second kappa shape index (κ2) is 12.6. The molecule has 0 aromatic heterocycles. The number of carbonyl (C=O) groups is 4. The molecule has 0 unspecified atom stereocenters. The molecule has 0 radical (unpaired) electrons. The highest BCUT2D eigenvalue weighted by Crippen LogP contribution is 2.24. The number of hydrogen-bond donors (Lipinski definition) is 1. The average Bonchev–Trinajstić information content (AvgIpc) is 2.86. The van der Waals surface area contributed by atoms with Crippen LogP contribution in [0.3, 0.4) is 0 Å². The fourth-order valence-electron chi connectivity index (χ4n) is 4.21. The van der Waals surface area contributed by atoms with Crippen molar-refractivity contribution in [2.45, 2.75) is 24.9 Å². The van der Waals surface area contributed by atoms with Crippen LogP contribution in [0.15, 0.2) is 23.2 Å². The van der Waals surface area contributed by atoms with Crippen LogP contribution in [0.2, 0.25) is 0 Å². The molecule has 3 rings (SSSR count). The Bertz CT molecular complexity index is 1050. The number of fused-ring (bicyclic) bond motifs is 2. The predicted octanol–water partition coefficient (Wildman–Crippen LogP) is -0.143. The lowest BCUT2D eigenvalue weighted by Gasteiger charge is -2.33. The predicted molar refractivity (Wildman–Crippen MR) is 135 cm³/mol. The van der Waals surface area contributed by atoms with Gasteiger partial charge in [-0.15, -0.1) is 0 Å². The van der Waals surface area contributed by atoms with Gasteiger partial charge in [-0.05, 0) is 38.7 Å². The monoisotopic (exact) mass is 518 g/mol. The molecule has 11 nitrogen and oxygen atoms in total. The topological polar surface area (TPSA) is 115 Å². The van der Waals surface area contributed by atoms with Gasteiger partial charge in [0.15, 0.2) is 0 Å². The van der Waals surface area contributed by atoms with Crippen LogP contribution in [0.25, 0.3) is 0 Å². The quantitative estimate of drug-likeness (QED) is 0.593. The highest BCUT2D eigenvalue weighted by atomic mass is 19.1. The first-order valence-electron chi connectivity index (χ1n) is 12.2. The number of ether oxygens (including phenoxy) is 1. The van der Waals surface area contributed by atoms with E-state index in [9.17, 15) is 23.6 Å². The molecule has 202 valence electrons. The fraction of sp³-hybridized carbons (Fsp3) is 0.560. The van der Waals surface area contributed by atoms with E-state index in [1.165, 1.54) is 36.0 Å². The molecule has 2 heterocycles. The Labute approximate surface area is 216 Å². The minimum Gasteiger partial charge on any atom is -0.490 e. The zero-order chi connectivity index (χ0) is 27.1. The standard InChI is InChI=1S/C25H35FN6O5/c1-29(2)11-10-28-24(35)20-6-8-22(33)30(3)15-23(34)32-12-9-27-14-18(32)16-37-21-7-5-17(26)13-19(21)25(36)31(20)4/h5,7,13-14,18,20H,6,8-12,15-16H2,1-4H3,(H,28,35)/t18-,20-/m0/s1. The van der Waals surface area contributed by atoms with Crippen molar-refractivity contribution < 1.29 is 28.3 Å². The molecular formula is C25H35FN6O5. The van der Waals surface area contributed by atoms with Crippen LogP contribution in [-0.2, 0) is 14.4 Å². The van der Waals surface area contributed by atoms with Crippen LogP contribution in [0, 0.1) is 5.82 Å². The molecule has 1 aromatic rings. The number of likely N-dealkylation sites (N-methyl/N-ethyl adjacent to an activating group) is 3. The maximum atomic E-state index is 14.2. The van der Waals surface area contributed by atoms with Gasteiger partial charge in [-0.25, -0.2) is 4.39 Å². The van der Waals surface area contributed by atoms with E-state index in [1.807, 2.05) is 19.0 Å². The van der Waals surface area contributed by atoms with Gasteiger partial charge in [0.05, 0.1) is 18.7 Å². The summed E-state index contributed by atoms with van der Waals surface area (Å²) >= 11 is 0. The van der Waals surface area contributed by atoms with Crippen LogP contribution in [0.4, 0.5) is 4.39 Å². The molecule has 4 amide bonds. The van der Waals surface area contributed by atoms with Gasteiger partial charge in [0.2, 0.25) is 17.7 Å². The molecule has 12 heteroatoms. The highest BCUT2D eigenvalue weighted by Gasteiger charge is 2.32. The number of amides is 4. The van der Waals surface area contributed by atoms with E-state index in [-0.39, 0.29) is 49.1 Å². The van der Waals surface area contributed by atoms with Gasteiger partial charge in [0.25, 0.3) is 5.91 Å². The lowest BCUT2D eigenvalue weighted by atomic mass is 10.1. The van der Waals surface area contributed by atoms with Gasteiger partial charge in [-0.2, -0.15) is 0 Å². The molecule has 2 aliphatic rings. The zero-order valence-electron chi connectivity index (χ0n) is 21.8. The van der Waals surface area contributed by atoms with Gasteiger partial charge >= 0.3 is 0 Å². The largest absolute Gasteiger partial charge is 0.490 e. The smallest absolute Gasteiger partial charge is 0.258 e. The molecule has 2 aliphatic heterocycles. The summed E-state index contributed by atoms with van der Waals surface area (Å²) in [5.74, 6) is -2.17. The summed E-state index contributed by atoms with van der Waals surface area (Å²) in [6.07, 6.45) is 1.56. The van der Waals surface area contributed by atoms with Crippen molar-refractivity contribution in [2.75, 3.05) is 67.5 Å². The molecule has 0 fully saturated rings. The number of halogens is 1. The molecule has 0 saturated carbocycles. The van der Waals surface area contributed by atoms with E-state index >= 15 is 0 Å². The fourth-order valence-corrected chi connectivity index (χ4v) is 4.21. The summed E-state index contributed by atoms with van der Waals surface area (Å²) in [4.78, 5) is 62.7. The third kappa shape index (κ3) is 7.25. The Hall–Kier alpha value is -3.54. The average molecular weight is 519 g/mol. The van der Waals surface area contributed by atoms with Gasteiger partial charge < -0.3 is 29.7 Å². The molecule has 1 aromatic carbocycles. The Kier molecular flexibility index (Phi) is 9.56. The molecule has 37 heavy (non-hydrogen) atoms. The second-order valence-corrected chi connectivity index (χ2v) is 9.48. The lowest BCUT2D eigenvalue weighted by molar-refractivity contribution is -0.140. The molecule has 0 saturated heterocycles. The Balaban J connectivity index is 1.95. The maximum absolute atomic E-state index is 14.2. The molecule has 1 N–H and O–H groups in total. The van der Waals surface area contributed by atoms with Gasteiger partial charge in [0.1, 0.15) is 30.3 Å². The van der Waals surface area contributed by atoms with E-state index in [2.05, 4.69) is 10.3 Å². The number of benzene rings is 1. The van der Waals surface area contributed by atoms with Gasteiger partial charge in [-0.3, -0.25) is 24.2 Å². The number of rotatable bonds is 4. The molecule has 0 aliphatic carbocycles. The van der Waals surface area contributed by atoms with Crippen molar-refractivity contribution >= 4 is 29.8 Å². The van der Waals surface area contributed by atoms with Crippen LogP contribution in [0.1, 0.15) is 23.2 Å². The lowest BCUT2D eigenvalue weighted by Crippen LogP contribution is -2.51. The van der Waals surface area contributed by atoms with Crippen LogP contribution < -0.4 is 10.1 Å². The third-order valence-corrected chi connectivity index (χ3v) is 6.43. The molecular weight excluding hydrogens is 483 g/mol. The number of hydrogen-bond acceptors (Lipinski definition) is 7. The maximum Gasteiger partial charge on any atom is 0.258 e. The summed E-state index contributed by atoms with van der Waals surface area (Å²) in [6.45, 7) is 1.56. The van der Waals surface area contributed by atoms with Crippen LogP contribution >= 0.6 is 0 Å². The highest BCUT2D eigenvalue weighted by molar-refractivity contribution is 5.99. The van der Waals surface area contributed by atoms with Crippen molar-refractivity contribution in [1.82, 2.24) is 24.9 Å². The first-order chi connectivity index (χ1) is 17.6. The zero-order valence-corrected chi connectivity index (χ0v) is 21.8. The van der Waals surface area contributed by atoms with E-state index in [0.29, 0.717) is 26.2 Å². The summed E-state index contributed by atoms with van der Waals surface area (Å²) in [5.41, 5.74) is -0.0578. The van der Waals surface area contributed by atoms with Crippen LogP contribution in [-0.4, -0.2) is 129 Å². The number of nitrogens with zero attached hydrogens (tertiary/aromatic N) is 5. The number of aliphatic imine (C=N–C) groups is 1. The van der Waals surface area contributed by atoms with Crippen molar-refractivity contribution in [3.05, 3.63) is 29.6 Å². The van der Waals surface area contributed by atoms with E-state index < -0.39 is 29.7 Å². The molecule has 0 spiro atoms. The second-order valence-electron chi connectivity index (χ2n) is 9.48. The van der Waals surface area contributed by atoms with Crippen molar-refractivity contribution in [3.63, 3.8) is 0 Å². The Morgan fingerprint density at radius 2 is 1.97 bits per heavy atom. The van der Waals surface area contributed by atoms with E-state index in [1.54, 1.807) is 11.1 Å². The minimum atomic E-state index is -0.998. The number of nitrogens with one attached hydrogen (secondary N) is 1. The first-order valence-corrected chi connectivity index (χ1v) is 12.2. The summed E-state index contributed by atoms with van der Waals surface area (Å²) in [7, 11) is 6.71. The van der Waals surface area contributed by atoms with E-state index in [0.717, 1.165) is 6.07 Å². The Morgan fingerprint density at radius 1 is 1.22 bits per heavy atom. The third-order valence-electron chi connectivity index (χ3n) is 6.43. The van der Waals surface area contributed by atoms with Gasteiger partial charge in [-0.1, -0.05) is 0 Å². The van der Waals surface area contributed by atoms with Gasteiger partial charge in [0, 0.05) is 46.4 Å². The van der Waals surface area contributed by atoms with Crippen molar-refractivity contribution in [2.24, 2.45) is 4.99 Å². The first kappa shape index (κ1) is 28.0. The summed E-state index contributed by atoms with van der Waals surface area (Å²) in [5, 5.41) is 2.80. The Morgan fingerprint density at radius 3 is 2.70 bits per heavy atom. The summed E-state index contributed by atoms with van der Waals surface area (Å²) < 4.78 is 20.1. The summed E-state index contributed by atoms with van der Waals surface area (Å²) in [6, 6.07) is 2.07. The normalized spacial score (nSPS) is 21.7. The molecule has 2 atom stereocenters. The number of carbonyl (C=O) groups excluding carboxylic acids is 4. The molecule has 0 bridgehead atoms. The van der Waals surface area contributed by atoms with Crippen molar-refractivity contribution in [1.29, 1.82) is 0 Å². The van der Waals surface area contributed by atoms with Crippen LogP contribution in [0.5, 0.6) is 5.75 Å². The van der Waals surface area contributed by atoms with Crippen molar-refractivity contribution in [3.8, 4) is 5.75 Å². The SMILES string of the molecule is CN(C)CCNC(=O)[C@@H]1CCC(=O)N(C)CC(=O)N2CCN=C[C@H]2COc2ccc(F)cc2C(=O)N1C. The minimum absolute atomic E-state index is 0.0169.